The van der Waals surface area contributed by atoms with E-state index in [-0.39, 0.29) is 16.6 Å². The van der Waals surface area contributed by atoms with Crippen LogP contribution in [0.3, 0.4) is 0 Å². The summed E-state index contributed by atoms with van der Waals surface area (Å²) in [4.78, 5) is 17.7. The zero-order valence-corrected chi connectivity index (χ0v) is 19.5. The van der Waals surface area contributed by atoms with E-state index in [9.17, 15) is 17.6 Å². The summed E-state index contributed by atoms with van der Waals surface area (Å²) >= 11 is 1.42. The standard InChI is InChI=1S/C22H26FN3O4S2/c1-31-21-7-6-19(16-20(21)22(27)25-12-14-30-15-13-25)32(28,29)26-10-8-24(9-11-26)18-4-2-17(23)3-5-18/h2-7,16H,8-15H2,1H3. The van der Waals surface area contributed by atoms with Gasteiger partial charge in [-0.1, -0.05) is 0 Å². The van der Waals surface area contributed by atoms with Crippen LogP contribution in [-0.2, 0) is 14.8 Å². The highest BCUT2D eigenvalue weighted by molar-refractivity contribution is 7.98. The summed E-state index contributed by atoms with van der Waals surface area (Å²) in [7, 11) is -3.74. The van der Waals surface area contributed by atoms with Crippen LogP contribution in [0.4, 0.5) is 10.1 Å². The number of thioether (sulfide) groups is 1. The van der Waals surface area contributed by atoms with Crippen LogP contribution in [0, 0.1) is 5.82 Å². The van der Waals surface area contributed by atoms with Crippen molar-refractivity contribution >= 4 is 33.4 Å². The first-order valence-corrected chi connectivity index (χ1v) is 13.1. The molecule has 0 N–H and O–H groups in total. The number of morpholine rings is 1. The fourth-order valence-electron chi connectivity index (χ4n) is 3.94. The Labute approximate surface area is 192 Å². The van der Waals surface area contributed by atoms with E-state index in [0.717, 1.165) is 10.6 Å². The molecule has 0 bridgehead atoms. The van der Waals surface area contributed by atoms with E-state index in [0.29, 0.717) is 58.0 Å². The van der Waals surface area contributed by atoms with Crippen LogP contribution in [0.2, 0.25) is 0 Å². The van der Waals surface area contributed by atoms with Gasteiger partial charge in [-0.3, -0.25) is 4.79 Å². The molecule has 172 valence electrons. The first-order chi connectivity index (χ1) is 15.4. The number of hydrogen-bond acceptors (Lipinski definition) is 6. The third-order valence-corrected chi connectivity index (χ3v) is 8.46. The Morgan fingerprint density at radius 2 is 1.62 bits per heavy atom. The van der Waals surface area contributed by atoms with Crippen molar-refractivity contribution < 1.29 is 22.3 Å². The number of carbonyl (C=O) groups excluding carboxylic acids is 1. The van der Waals surface area contributed by atoms with Gasteiger partial charge in [0.1, 0.15) is 5.82 Å². The molecule has 0 radical (unpaired) electrons. The second-order valence-corrected chi connectivity index (χ2v) is 10.4. The molecule has 2 aromatic rings. The lowest BCUT2D eigenvalue weighted by Crippen LogP contribution is -2.48. The van der Waals surface area contributed by atoms with Gasteiger partial charge in [-0.2, -0.15) is 4.31 Å². The van der Waals surface area contributed by atoms with Gasteiger partial charge in [-0.05, 0) is 48.7 Å². The maximum atomic E-state index is 13.3. The molecular weight excluding hydrogens is 453 g/mol. The van der Waals surface area contributed by atoms with Crippen molar-refractivity contribution in [2.75, 3.05) is 63.6 Å². The number of benzene rings is 2. The summed E-state index contributed by atoms with van der Waals surface area (Å²) in [6.07, 6.45) is 1.87. The molecule has 0 atom stereocenters. The summed E-state index contributed by atoms with van der Waals surface area (Å²) in [6.45, 7) is 3.60. The molecule has 2 fully saturated rings. The zero-order chi connectivity index (χ0) is 22.7. The van der Waals surface area contributed by atoms with Gasteiger partial charge < -0.3 is 14.5 Å². The fraction of sp³-hybridized carbons (Fsp3) is 0.409. The van der Waals surface area contributed by atoms with Crippen molar-refractivity contribution in [3.05, 3.63) is 53.8 Å². The normalized spacial score (nSPS) is 18.1. The van der Waals surface area contributed by atoms with Gasteiger partial charge in [0.05, 0.1) is 23.7 Å². The Morgan fingerprint density at radius 3 is 2.25 bits per heavy atom. The molecule has 0 aliphatic carbocycles. The number of halogens is 1. The number of amides is 1. The predicted octanol–water partition coefficient (Wildman–Crippen LogP) is 2.53. The number of carbonyl (C=O) groups is 1. The van der Waals surface area contributed by atoms with Gasteiger partial charge in [-0.25, -0.2) is 12.8 Å². The number of hydrogen-bond donors (Lipinski definition) is 0. The van der Waals surface area contributed by atoms with Crippen molar-refractivity contribution in [1.82, 2.24) is 9.21 Å². The Kier molecular flexibility index (Phi) is 7.04. The third kappa shape index (κ3) is 4.78. The summed E-state index contributed by atoms with van der Waals surface area (Å²) < 4.78 is 46.6. The topological polar surface area (TPSA) is 70.2 Å². The molecule has 32 heavy (non-hydrogen) atoms. The SMILES string of the molecule is CSc1ccc(S(=O)(=O)N2CCN(c3ccc(F)cc3)CC2)cc1C(=O)N1CCOCC1. The van der Waals surface area contributed by atoms with Gasteiger partial charge in [0, 0.05) is 49.9 Å². The predicted molar refractivity (Wildman–Crippen MR) is 122 cm³/mol. The maximum Gasteiger partial charge on any atom is 0.255 e. The van der Waals surface area contributed by atoms with Gasteiger partial charge >= 0.3 is 0 Å². The quantitative estimate of drug-likeness (QED) is 0.614. The molecule has 0 spiro atoms. The molecule has 4 rings (SSSR count). The van der Waals surface area contributed by atoms with Gasteiger partial charge in [0.15, 0.2) is 0 Å². The number of rotatable bonds is 5. The molecule has 10 heteroatoms. The van der Waals surface area contributed by atoms with Gasteiger partial charge in [0.2, 0.25) is 10.0 Å². The van der Waals surface area contributed by atoms with Crippen LogP contribution < -0.4 is 4.90 Å². The first-order valence-electron chi connectivity index (χ1n) is 10.5. The van der Waals surface area contributed by atoms with E-state index in [1.807, 2.05) is 11.2 Å². The number of sulfonamides is 1. The van der Waals surface area contributed by atoms with Crippen molar-refractivity contribution in [3.63, 3.8) is 0 Å². The molecule has 2 heterocycles. The molecule has 2 aliphatic heterocycles. The lowest BCUT2D eigenvalue weighted by molar-refractivity contribution is 0.0300. The minimum Gasteiger partial charge on any atom is -0.378 e. The highest BCUT2D eigenvalue weighted by Crippen LogP contribution is 2.28. The lowest BCUT2D eigenvalue weighted by Gasteiger charge is -2.35. The largest absolute Gasteiger partial charge is 0.378 e. The molecule has 0 saturated carbocycles. The van der Waals surface area contributed by atoms with Crippen molar-refractivity contribution in [2.45, 2.75) is 9.79 Å². The summed E-state index contributed by atoms with van der Waals surface area (Å²) in [5, 5.41) is 0. The first kappa shape index (κ1) is 23.0. The monoisotopic (exact) mass is 479 g/mol. The van der Waals surface area contributed by atoms with E-state index in [1.165, 1.54) is 34.3 Å². The summed E-state index contributed by atoms with van der Waals surface area (Å²) in [6, 6.07) is 11.0. The highest BCUT2D eigenvalue weighted by atomic mass is 32.2. The molecule has 1 amide bonds. The molecule has 2 aromatic carbocycles. The summed E-state index contributed by atoms with van der Waals surface area (Å²) in [5.74, 6) is -0.470. The van der Waals surface area contributed by atoms with Crippen LogP contribution >= 0.6 is 11.8 Å². The van der Waals surface area contributed by atoms with Crippen LogP contribution in [-0.4, -0.2) is 82.3 Å². The number of piperazine rings is 1. The average Bonchev–Trinajstić information content (AvgIpc) is 2.84. The number of nitrogens with zero attached hydrogens (tertiary/aromatic N) is 3. The molecular formula is C22H26FN3O4S2. The Morgan fingerprint density at radius 1 is 0.969 bits per heavy atom. The Balaban J connectivity index is 1.52. The van der Waals surface area contributed by atoms with Gasteiger partial charge in [-0.15, -0.1) is 11.8 Å². The second kappa shape index (κ2) is 9.78. The average molecular weight is 480 g/mol. The maximum absolute atomic E-state index is 13.3. The molecule has 0 aromatic heterocycles. The number of anilines is 1. The highest BCUT2D eigenvalue weighted by Gasteiger charge is 2.30. The third-order valence-electron chi connectivity index (χ3n) is 5.77. The summed E-state index contributed by atoms with van der Waals surface area (Å²) in [5.41, 5.74) is 1.27. The van der Waals surface area contributed by atoms with Gasteiger partial charge in [0.25, 0.3) is 5.91 Å². The molecule has 2 saturated heterocycles. The smallest absolute Gasteiger partial charge is 0.255 e. The van der Waals surface area contributed by atoms with E-state index in [4.69, 9.17) is 4.74 Å². The second-order valence-electron chi connectivity index (χ2n) is 7.63. The van der Waals surface area contributed by atoms with Crippen LogP contribution in [0.25, 0.3) is 0 Å². The van der Waals surface area contributed by atoms with Crippen molar-refractivity contribution in [1.29, 1.82) is 0 Å². The van der Waals surface area contributed by atoms with Crippen molar-refractivity contribution in [3.8, 4) is 0 Å². The molecule has 7 nitrogen and oxygen atoms in total. The number of ether oxygens (including phenoxy) is 1. The van der Waals surface area contributed by atoms with E-state index >= 15 is 0 Å². The minimum absolute atomic E-state index is 0.127. The van der Waals surface area contributed by atoms with Crippen LogP contribution in [0.5, 0.6) is 0 Å². The molecule has 0 unspecified atom stereocenters. The van der Waals surface area contributed by atoms with E-state index < -0.39 is 10.0 Å². The fourth-order valence-corrected chi connectivity index (χ4v) is 5.96. The zero-order valence-electron chi connectivity index (χ0n) is 17.9. The van der Waals surface area contributed by atoms with Crippen LogP contribution in [0.15, 0.2) is 52.3 Å². The van der Waals surface area contributed by atoms with E-state index in [1.54, 1.807) is 29.2 Å². The van der Waals surface area contributed by atoms with Crippen LogP contribution in [0.1, 0.15) is 10.4 Å². The minimum atomic E-state index is -3.74. The lowest BCUT2D eigenvalue weighted by atomic mass is 10.2. The Hall–Kier alpha value is -2.14. The Bertz CT molecular complexity index is 1070. The van der Waals surface area contributed by atoms with E-state index in [2.05, 4.69) is 0 Å². The van der Waals surface area contributed by atoms with Crippen molar-refractivity contribution in [2.24, 2.45) is 0 Å². The molecule has 2 aliphatic rings.